The summed E-state index contributed by atoms with van der Waals surface area (Å²) in [6, 6.07) is 17.2. The van der Waals surface area contributed by atoms with Crippen LogP contribution >= 0.6 is 0 Å². The fourth-order valence-corrected chi connectivity index (χ4v) is 5.31. The Morgan fingerprint density at radius 1 is 1.12 bits per heavy atom. The van der Waals surface area contributed by atoms with E-state index in [1.807, 2.05) is 12.1 Å². The number of nitrogens with zero attached hydrogens (tertiary/aromatic N) is 7. The van der Waals surface area contributed by atoms with Gasteiger partial charge in [0, 0.05) is 37.6 Å². The van der Waals surface area contributed by atoms with E-state index in [9.17, 15) is 20.0 Å². The average Bonchev–Trinajstić information content (AvgIpc) is 3.58. The van der Waals surface area contributed by atoms with Gasteiger partial charge in [-0.1, -0.05) is 0 Å². The van der Waals surface area contributed by atoms with Crippen molar-refractivity contribution in [2.75, 3.05) is 20.2 Å². The van der Waals surface area contributed by atoms with Crippen LogP contribution < -0.4 is 5.69 Å². The number of ether oxygens (including phenoxy) is 1. The minimum absolute atomic E-state index is 0.0869. The molecule has 1 aromatic carbocycles. The highest BCUT2D eigenvalue weighted by Crippen LogP contribution is 2.28. The molecule has 1 aliphatic heterocycles. The van der Waals surface area contributed by atoms with Crippen molar-refractivity contribution in [3.8, 4) is 28.8 Å². The number of imidazole rings is 1. The number of hydrogen-bond donors (Lipinski definition) is 1. The van der Waals surface area contributed by atoms with Crippen LogP contribution in [0.3, 0.4) is 0 Å². The lowest BCUT2D eigenvalue weighted by Gasteiger charge is -2.16. The molecular weight excluding hydrogens is 522 g/mol. The molecule has 1 atom stereocenters. The Bertz CT molecular complexity index is 1870. The molecule has 0 unspecified atom stereocenters. The van der Waals surface area contributed by atoms with Gasteiger partial charge in [-0.25, -0.2) is 14.6 Å². The summed E-state index contributed by atoms with van der Waals surface area (Å²) in [5.41, 5.74) is 4.31. The zero-order chi connectivity index (χ0) is 28.5. The van der Waals surface area contributed by atoms with Crippen molar-refractivity contribution >= 4 is 17.1 Å². The van der Waals surface area contributed by atoms with Gasteiger partial charge >= 0.3 is 11.7 Å². The predicted molar refractivity (Wildman–Crippen MR) is 149 cm³/mol. The van der Waals surface area contributed by atoms with Crippen molar-refractivity contribution in [3.63, 3.8) is 0 Å². The topological polar surface area (TPSA) is 139 Å². The molecule has 0 aliphatic carbocycles. The van der Waals surface area contributed by atoms with Crippen molar-refractivity contribution < 1.29 is 14.6 Å². The van der Waals surface area contributed by atoms with Crippen LogP contribution in [0.1, 0.15) is 34.1 Å². The average molecular weight is 548 g/mol. The van der Waals surface area contributed by atoms with E-state index in [2.05, 4.69) is 19.9 Å². The number of likely N-dealkylation sites (tertiary alicyclic amines) is 1. The smallest absolute Gasteiger partial charge is 0.337 e. The number of carbonyl (C=O) groups is 1. The number of methoxy groups -OCH3 is 1. The highest BCUT2D eigenvalue weighted by molar-refractivity contribution is 5.89. The Balaban J connectivity index is 1.29. The van der Waals surface area contributed by atoms with E-state index in [-0.39, 0.29) is 23.0 Å². The van der Waals surface area contributed by atoms with Crippen LogP contribution in [0, 0.1) is 11.3 Å². The van der Waals surface area contributed by atoms with E-state index in [1.165, 1.54) is 13.2 Å². The van der Waals surface area contributed by atoms with Crippen LogP contribution in [0.4, 0.5) is 0 Å². The van der Waals surface area contributed by atoms with Gasteiger partial charge < -0.3 is 9.84 Å². The minimum Gasteiger partial charge on any atom is -0.507 e. The molecule has 0 bridgehead atoms. The van der Waals surface area contributed by atoms with Gasteiger partial charge in [0.25, 0.3) is 0 Å². The van der Waals surface area contributed by atoms with E-state index >= 15 is 0 Å². The first-order valence-corrected chi connectivity index (χ1v) is 13.0. The normalized spacial score (nSPS) is 15.2. The molecular formula is C30H25N7O4. The van der Waals surface area contributed by atoms with Crippen molar-refractivity contribution in [1.82, 2.24) is 29.0 Å². The zero-order valence-electron chi connectivity index (χ0n) is 22.1. The maximum absolute atomic E-state index is 13.9. The highest BCUT2D eigenvalue weighted by Gasteiger charge is 2.29. The van der Waals surface area contributed by atoms with E-state index in [0.29, 0.717) is 46.8 Å². The number of hydrogen-bond acceptors (Lipinski definition) is 9. The van der Waals surface area contributed by atoms with Crippen LogP contribution in [0.5, 0.6) is 5.75 Å². The van der Waals surface area contributed by atoms with Gasteiger partial charge in [-0.2, -0.15) is 5.26 Å². The number of carbonyl (C=O) groups excluding carboxylic acids is 1. The molecule has 6 rings (SSSR count). The zero-order valence-corrected chi connectivity index (χ0v) is 22.1. The fourth-order valence-electron chi connectivity index (χ4n) is 5.31. The molecule has 11 nitrogen and oxygen atoms in total. The Kier molecular flexibility index (Phi) is 6.74. The van der Waals surface area contributed by atoms with Crippen LogP contribution in [-0.2, 0) is 11.3 Å². The maximum atomic E-state index is 13.9. The highest BCUT2D eigenvalue weighted by atomic mass is 16.5. The fraction of sp³-hybridized carbons (Fsp3) is 0.200. The minimum atomic E-state index is -0.407. The molecule has 4 aromatic heterocycles. The molecule has 1 N–H and O–H groups in total. The second-order valence-corrected chi connectivity index (χ2v) is 9.78. The maximum Gasteiger partial charge on any atom is 0.337 e. The summed E-state index contributed by atoms with van der Waals surface area (Å²) in [6.45, 7) is 1.92. The molecule has 5 heterocycles. The number of nitriles is 1. The molecule has 0 radical (unpaired) electrons. The Morgan fingerprint density at radius 2 is 2.00 bits per heavy atom. The van der Waals surface area contributed by atoms with Crippen molar-refractivity contribution in [1.29, 1.82) is 5.26 Å². The number of rotatable bonds is 6. The van der Waals surface area contributed by atoms with Crippen molar-refractivity contribution in [3.05, 3.63) is 100 Å². The van der Waals surface area contributed by atoms with E-state index in [4.69, 9.17) is 4.74 Å². The summed E-state index contributed by atoms with van der Waals surface area (Å²) in [7, 11) is 1.35. The summed E-state index contributed by atoms with van der Waals surface area (Å²) in [5.74, 6) is -0.493. The Labute approximate surface area is 234 Å². The largest absolute Gasteiger partial charge is 0.507 e. The lowest BCUT2D eigenvalue weighted by atomic mass is 10.1. The Hall–Kier alpha value is -5.34. The number of fused-ring (bicyclic) bond motifs is 1. The van der Waals surface area contributed by atoms with Crippen molar-refractivity contribution in [2.45, 2.75) is 19.0 Å². The Morgan fingerprint density at radius 3 is 2.78 bits per heavy atom. The molecule has 1 aliphatic rings. The lowest BCUT2D eigenvalue weighted by Crippen LogP contribution is -2.29. The molecule has 0 spiro atoms. The number of esters is 1. The van der Waals surface area contributed by atoms with Crippen LogP contribution in [0.15, 0.2) is 78.0 Å². The van der Waals surface area contributed by atoms with Gasteiger partial charge in [-0.3, -0.25) is 24.0 Å². The SMILES string of the molecule is COC(=O)c1ccnc(CN2CC[C@H](n3c(=O)n(-c4ccc(-c5ccc(O)c(C#N)c5)nc4)c4cccnc43)C2)c1. The second kappa shape index (κ2) is 10.7. The number of phenolic OH excluding ortho intramolecular Hbond substituents is 1. The van der Waals surface area contributed by atoms with Crippen LogP contribution in [0.25, 0.3) is 28.1 Å². The molecule has 5 aromatic rings. The van der Waals surface area contributed by atoms with Gasteiger partial charge in [0.2, 0.25) is 0 Å². The third-order valence-corrected chi connectivity index (χ3v) is 7.29. The third kappa shape index (κ3) is 4.81. The first kappa shape index (κ1) is 25.9. The molecule has 0 saturated carbocycles. The lowest BCUT2D eigenvalue weighted by molar-refractivity contribution is 0.0600. The van der Waals surface area contributed by atoms with Crippen molar-refractivity contribution in [2.24, 2.45) is 0 Å². The predicted octanol–water partition coefficient (Wildman–Crippen LogP) is 3.46. The molecule has 1 fully saturated rings. The molecule has 11 heteroatoms. The van der Waals surface area contributed by atoms with E-state index < -0.39 is 5.97 Å². The van der Waals surface area contributed by atoms with Gasteiger partial charge in [-0.15, -0.1) is 0 Å². The van der Waals surface area contributed by atoms with Gasteiger partial charge in [0.05, 0.1) is 53.1 Å². The second-order valence-electron chi connectivity index (χ2n) is 9.78. The van der Waals surface area contributed by atoms with Gasteiger partial charge in [0.15, 0.2) is 5.65 Å². The molecule has 0 amide bonds. The van der Waals surface area contributed by atoms with Gasteiger partial charge in [-0.05, 0) is 61.0 Å². The molecule has 41 heavy (non-hydrogen) atoms. The number of pyridine rings is 3. The summed E-state index contributed by atoms with van der Waals surface area (Å²) in [5, 5.41) is 19.1. The molecule has 204 valence electrons. The first-order chi connectivity index (χ1) is 20.0. The van der Waals surface area contributed by atoms with E-state index in [1.54, 1.807) is 70.2 Å². The van der Waals surface area contributed by atoms with Crippen LogP contribution in [0.2, 0.25) is 0 Å². The van der Waals surface area contributed by atoms with Gasteiger partial charge in [0.1, 0.15) is 11.8 Å². The quantitative estimate of drug-likeness (QED) is 0.317. The first-order valence-electron chi connectivity index (χ1n) is 13.0. The summed E-state index contributed by atoms with van der Waals surface area (Å²) >= 11 is 0. The summed E-state index contributed by atoms with van der Waals surface area (Å²) in [4.78, 5) is 41.5. The number of aromatic nitrogens is 5. The monoisotopic (exact) mass is 547 g/mol. The molecule has 1 saturated heterocycles. The van der Waals surface area contributed by atoms with Crippen LogP contribution in [-0.4, -0.2) is 60.3 Å². The van der Waals surface area contributed by atoms with E-state index in [0.717, 1.165) is 18.7 Å². The number of aromatic hydroxyl groups is 1. The number of phenols is 1. The standard InChI is InChI=1S/C30H25N7O4/c1-41-29(39)20-8-11-32-22(14-20)17-35-12-9-24(18-35)37-28-26(3-2-10-33-28)36(30(37)40)23-5-6-25(34-16-23)19-4-7-27(38)21(13-19)15-31/h2-8,10-11,13-14,16,24,38H,9,12,17-18H2,1H3/t24-/m0/s1. The number of benzene rings is 1. The third-order valence-electron chi connectivity index (χ3n) is 7.29. The summed E-state index contributed by atoms with van der Waals surface area (Å²) < 4.78 is 8.18. The summed E-state index contributed by atoms with van der Waals surface area (Å²) in [6.07, 6.45) is 5.65.